The van der Waals surface area contributed by atoms with Crippen molar-refractivity contribution in [2.24, 2.45) is 0 Å². The van der Waals surface area contributed by atoms with E-state index in [-0.39, 0.29) is 0 Å². The van der Waals surface area contributed by atoms with Crippen molar-refractivity contribution in [2.75, 3.05) is 9.80 Å². The van der Waals surface area contributed by atoms with Crippen LogP contribution in [0.4, 0.5) is 34.1 Å². The summed E-state index contributed by atoms with van der Waals surface area (Å²) in [4.78, 5) is 15.2. The van der Waals surface area contributed by atoms with E-state index in [2.05, 4.69) is 311 Å². The molecule has 0 aliphatic carbocycles. The van der Waals surface area contributed by atoms with Crippen LogP contribution in [-0.4, -0.2) is 19.1 Å². The van der Waals surface area contributed by atoms with Gasteiger partial charge in [-0.1, -0.05) is 195 Å². The minimum Gasteiger partial charge on any atom is -0.311 e. The maximum Gasteiger partial charge on any atom is 0.0973 e. The summed E-state index contributed by atoms with van der Waals surface area (Å²) in [6, 6.07) is 108. The Morgan fingerprint density at radius 2 is 0.570 bits per heavy atom. The van der Waals surface area contributed by atoms with Gasteiger partial charge in [0, 0.05) is 78.3 Å². The van der Waals surface area contributed by atoms with E-state index in [1.807, 2.05) is 36.4 Å². The van der Waals surface area contributed by atoms with Crippen LogP contribution in [-0.2, 0) is 0 Å². The van der Waals surface area contributed by atoms with Gasteiger partial charge in [0.2, 0.25) is 0 Å². The first kappa shape index (κ1) is 51.3. The number of benzene rings is 12. The molecule has 0 aliphatic heterocycles. The second-order valence-electron chi connectivity index (χ2n) is 21.5. The predicted octanol–water partition coefficient (Wildman–Crippen LogP) is 21.6. The number of hydrogen-bond acceptors (Lipinski definition) is 4. The van der Waals surface area contributed by atoms with Crippen LogP contribution in [0.1, 0.15) is 11.3 Å². The van der Waals surface area contributed by atoms with Crippen molar-refractivity contribution in [1.82, 2.24) is 19.1 Å². The summed E-state index contributed by atoms with van der Waals surface area (Å²) >= 11 is 0. The molecule has 0 aliphatic rings. The number of fused-ring (bicyclic) bond motifs is 5. The zero-order valence-electron chi connectivity index (χ0n) is 47.1. The smallest absolute Gasteiger partial charge is 0.0973 e. The number of anilines is 6. The van der Waals surface area contributed by atoms with Gasteiger partial charge in [-0.15, -0.1) is 0 Å². The van der Waals surface area contributed by atoms with Gasteiger partial charge >= 0.3 is 0 Å². The fourth-order valence-corrected chi connectivity index (χ4v) is 12.4. The van der Waals surface area contributed by atoms with Gasteiger partial charge in [0.15, 0.2) is 0 Å². The van der Waals surface area contributed by atoms with Crippen LogP contribution in [0.3, 0.4) is 0 Å². The molecule has 3 heterocycles. The first-order valence-corrected chi connectivity index (χ1v) is 29.0. The van der Waals surface area contributed by atoms with Gasteiger partial charge in [-0.25, -0.2) is 9.97 Å². The third-order valence-electron chi connectivity index (χ3n) is 16.5. The van der Waals surface area contributed by atoms with E-state index in [1.165, 1.54) is 21.8 Å². The average molecular weight is 1100 g/mol. The monoisotopic (exact) mass is 1100 g/mol. The Morgan fingerprint density at radius 3 is 0.965 bits per heavy atom. The molecule has 0 fully saturated rings. The molecule has 0 spiro atoms. The molecular weight excluding hydrogens is 1040 g/mol. The second kappa shape index (κ2) is 21.9. The Hall–Kier alpha value is -11.6. The van der Waals surface area contributed by atoms with Crippen LogP contribution in [0.2, 0.25) is 0 Å². The normalized spacial score (nSPS) is 11.3. The molecular formula is C80H56N6. The summed E-state index contributed by atoms with van der Waals surface area (Å²) in [6.07, 6.45) is 3.84. The standard InChI is InChI=1S/C80H56N6/c1-3-69-70-23-11-16-28-76(70)85(75(69)4-2)67-51-47-65(48-52-67)83(61-19-7-5-8-20-61)63-43-39-57(40-44-63)55-31-35-59(36-32-55)79-80(82-74-27-15-14-26-73(74)81-79)60-37-33-56(34-38-60)58-41-45-64(46-42-58)84(62-21-9-6-10-22-62)66-49-53-68(54-50-66)86-77-29-17-12-24-71(77)72-25-13-18-30-78(72)86/h3-54H,1-2H2. The van der Waals surface area contributed by atoms with Crippen LogP contribution < -0.4 is 9.80 Å². The lowest BCUT2D eigenvalue weighted by Crippen LogP contribution is -2.10. The molecule has 0 amide bonds. The molecule has 0 saturated heterocycles. The van der Waals surface area contributed by atoms with Gasteiger partial charge in [-0.05, 0) is 156 Å². The summed E-state index contributed by atoms with van der Waals surface area (Å²) < 4.78 is 4.62. The molecule has 6 nitrogen and oxygen atoms in total. The van der Waals surface area contributed by atoms with Gasteiger partial charge in [0.25, 0.3) is 0 Å². The molecule has 0 unspecified atom stereocenters. The molecule has 15 rings (SSSR count). The zero-order chi connectivity index (χ0) is 57.5. The molecule has 0 bridgehead atoms. The van der Waals surface area contributed by atoms with E-state index in [9.17, 15) is 0 Å². The Balaban J connectivity index is 0.695. The highest BCUT2D eigenvalue weighted by Gasteiger charge is 2.20. The van der Waals surface area contributed by atoms with E-state index < -0.39 is 0 Å². The fourth-order valence-electron chi connectivity index (χ4n) is 12.4. The van der Waals surface area contributed by atoms with E-state index >= 15 is 0 Å². The minimum absolute atomic E-state index is 0.836. The van der Waals surface area contributed by atoms with Crippen LogP contribution in [0.25, 0.3) is 112 Å². The van der Waals surface area contributed by atoms with Crippen LogP contribution in [0.5, 0.6) is 0 Å². The van der Waals surface area contributed by atoms with Gasteiger partial charge < -0.3 is 18.9 Å². The predicted molar refractivity (Wildman–Crippen MR) is 362 cm³/mol. The lowest BCUT2D eigenvalue weighted by atomic mass is 9.98. The van der Waals surface area contributed by atoms with Gasteiger partial charge in [-0.3, -0.25) is 0 Å². The molecule has 86 heavy (non-hydrogen) atoms. The molecule has 15 aromatic rings. The Morgan fingerprint density at radius 1 is 0.267 bits per heavy atom. The lowest BCUT2D eigenvalue weighted by Gasteiger charge is -2.26. The van der Waals surface area contributed by atoms with Gasteiger partial charge in [0.1, 0.15) is 0 Å². The van der Waals surface area contributed by atoms with Crippen LogP contribution in [0, 0.1) is 0 Å². The molecule has 0 atom stereocenters. The Kier molecular flexibility index (Phi) is 13.1. The van der Waals surface area contributed by atoms with Crippen molar-refractivity contribution >= 4 is 90.0 Å². The van der Waals surface area contributed by atoms with Crippen LogP contribution in [0.15, 0.2) is 316 Å². The van der Waals surface area contributed by atoms with Gasteiger partial charge in [0.05, 0.1) is 44.7 Å². The highest BCUT2D eigenvalue weighted by atomic mass is 15.1. The van der Waals surface area contributed by atoms with Crippen molar-refractivity contribution in [3.8, 4) is 56.1 Å². The van der Waals surface area contributed by atoms with E-state index in [0.717, 1.165) is 123 Å². The number of hydrogen-bond donors (Lipinski definition) is 0. The molecule has 406 valence electrons. The number of nitrogens with zero attached hydrogens (tertiary/aromatic N) is 6. The Bertz CT molecular complexity index is 4920. The largest absolute Gasteiger partial charge is 0.311 e. The highest BCUT2D eigenvalue weighted by molar-refractivity contribution is 6.09. The maximum atomic E-state index is 5.28. The first-order valence-electron chi connectivity index (χ1n) is 29.0. The Labute approximate surface area is 500 Å². The zero-order valence-corrected chi connectivity index (χ0v) is 47.1. The summed E-state index contributed by atoms with van der Waals surface area (Å²) in [5.74, 6) is 0. The topological polar surface area (TPSA) is 42.1 Å². The number of aromatic nitrogens is 4. The third-order valence-corrected chi connectivity index (χ3v) is 16.5. The van der Waals surface area contributed by atoms with Crippen LogP contribution >= 0.6 is 0 Å². The highest BCUT2D eigenvalue weighted by Crippen LogP contribution is 2.41. The molecule has 0 saturated carbocycles. The summed E-state index contributed by atoms with van der Waals surface area (Å²) in [6.45, 7) is 8.30. The summed E-state index contributed by atoms with van der Waals surface area (Å²) in [5.41, 5.74) is 24.0. The molecule has 6 heteroatoms. The average Bonchev–Trinajstić information content (AvgIpc) is 1.89. The number of rotatable bonds is 14. The first-order chi connectivity index (χ1) is 42.6. The lowest BCUT2D eigenvalue weighted by molar-refractivity contribution is 1.10. The molecule has 12 aromatic carbocycles. The van der Waals surface area contributed by atoms with Crippen molar-refractivity contribution < 1.29 is 0 Å². The van der Waals surface area contributed by atoms with Crippen molar-refractivity contribution in [3.63, 3.8) is 0 Å². The quantitative estimate of drug-likeness (QED) is 0.109. The summed E-state index contributed by atoms with van der Waals surface area (Å²) in [5, 5.41) is 3.65. The van der Waals surface area contributed by atoms with Crippen molar-refractivity contribution in [1.29, 1.82) is 0 Å². The maximum absolute atomic E-state index is 5.28. The van der Waals surface area contributed by atoms with Crippen molar-refractivity contribution in [3.05, 3.63) is 328 Å². The minimum atomic E-state index is 0.836. The second-order valence-corrected chi connectivity index (χ2v) is 21.5. The molecule has 0 radical (unpaired) electrons. The van der Waals surface area contributed by atoms with E-state index in [0.29, 0.717) is 0 Å². The molecule has 3 aromatic heterocycles. The van der Waals surface area contributed by atoms with E-state index in [1.54, 1.807) is 0 Å². The SMILES string of the molecule is C=Cc1c(C=C)n(-c2ccc(N(c3ccccc3)c3ccc(-c4ccc(-c5nc6ccccc6nc5-c5ccc(-c6ccc(N(c7ccccc7)c7ccc(-n8c9ccccc9c9ccccc98)cc7)cc6)cc5)cc4)cc3)cc2)c2ccccc12. The number of para-hydroxylation sites is 7. The molecule has 0 N–H and O–H groups in total. The summed E-state index contributed by atoms with van der Waals surface area (Å²) in [7, 11) is 0. The van der Waals surface area contributed by atoms with Crippen molar-refractivity contribution in [2.45, 2.75) is 0 Å². The third kappa shape index (κ3) is 9.19. The van der Waals surface area contributed by atoms with E-state index in [4.69, 9.17) is 9.97 Å². The fraction of sp³-hybridized carbons (Fsp3) is 0. The van der Waals surface area contributed by atoms with Gasteiger partial charge in [-0.2, -0.15) is 0 Å².